The van der Waals surface area contributed by atoms with Crippen LogP contribution in [0, 0.1) is 28.8 Å². The largest absolute Gasteiger partial charge is 0.398 e. The zero-order valence-electron chi connectivity index (χ0n) is 6.89. The van der Waals surface area contributed by atoms with Crippen molar-refractivity contribution in [2.24, 2.45) is 5.73 Å². The first-order chi connectivity index (χ1) is 6.56. The lowest BCUT2D eigenvalue weighted by Crippen LogP contribution is -2.00. The number of halogens is 3. The summed E-state index contributed by atoms with van der Waals surface area (Å²) in [6.45, 7) is 0. The van der Waals surface area contributed by atoms with Crippen LogP contribution in [0.4, 0.5) is 13.2 Å². The Morgan fingerprint density at radius 1 is 1.29 bits per heavy atom. The van der Waals surface area contributed by atoms with Crippen molar-refractivity contribution in [2.75, 3.05) is 0 Å². The molecule has 0 fully saturated rings. The van der Waals surface area contributed by atoms with E-state index in [9.17, 15) is 13.2 Å². The van der Waals surface area contributed by atoms with E-state index in [-0.39, 0.29) is 11.3 Å². The highest BCUT2D eigenvalue weighted by Crippen LogP contribution is 2.16. The molecule has 0 saturated heterocycles. The molecule has 0 bridgehead atoms. The van der Waals surface area contributed by atoms with Gasteiger partial charge in [-0.1, -0.05) is 0 Å². The molecule has 0 aliphatic rings. The minimum atomic E-state index is -1.56. The predicted molar refractivity (Wildman–Crippen MR) is 44.1 cm³/mol. The predicted octanol–water partition coefficient (Wildman–Crippen LogP) is 1.93. The van der Waals surface area contributed by atoms with E-state index in [1.54, 1.807) is 6.07 Å². The van der Waals surface area contributed by atoms with E-state index < -0.39 is 17.5 Å². The summed E-state index contributed by atoms with van der Waals surface area (Å²) in [7, 11) is 0. The lowest BCUT2D eigenvalue weighted by Gasteiger charge is -2.01. The molecular weight excluding hydrogens is 193 g/mol. The van der Waals surface area contributed by atoms with E-state index in [2.05, 4.69) is 0 Å². The molecule has 0 aliphatic carbocycles. The Bertz CT molecular complexity index is 409. The molecule has 5 heteroatoms. The quantitative estimate of drug-likeness (QED) is 0.553. The van der Waals surface area contributed by atoms with Gasteiger partial charge in [-0.2, -0.15) is 5.26 Å². The zero-order valence-corrected chi connectivity index (χ0v) is 6.89. The summed E-state index contributed by atoms with van der Waals surface area (Å²) in [6, 6.07) is 3.04. The van der Waals surface area contributed by atoms with Crippen LogP contribution in [0.15, 0.2) is 18.2 Å². The van der Waals surface area contributed by atoms with Gasteiger partial charge in [0, 0.05) is 17.3 Å². The van der Waals surface area contributed by atoms with Crippen molar-refractivity contribution in [3.05, 3.63) is 41.2 Å². The highest BCUT2D eigenvalue weighted by molar-refractivity contribution is 5.64. The van der Waals surface area contributed by atoms with Gasteiger partial charge in [-0.15, -0.1) is 0 Å². The van der Waals surface area contributed by atoms with Gasteiger partial charge in [0.05, 0.1) is 6.07 Å². The maximum atomic E-state index is 12.7. The van der Waals surface area contributed by atoms with Gasteiger partial charge in [-0.3, -0.25) is 0 Å². The number of nitriles is 1. The van der Waals surface area contributed by atoms with Gasteiger partial charge in [0.15, 0.2) is 17.5 Å². The lowest BCUT2D eigenvalue weighted by atomic mass is 10.1. The summed E-state index contributed by atoms with van der Waals surface area (Å²) < 4.78 is 37.8. The summed E-state index contributed by atoms with van der Waals surface area (Å²) in [5.41, 5.74) is 5.09. The third-order valence-electron chi connectivity index (χ3n) is 1.54. The smallest absolute Gasteiger partial charge is 0.194 e. The molecule has 0 radical (unpaired) electrons. The van der Waals surface area contributed by atoms with Crippen molar-refractivity contribution >= 4 is 5.70 Å². The number of nitrogens with zero attached hydrogens (tertiary/aromatic N) is 1. The molecule has 0 aliphatic heterocycles. The summed E-state index contributed by atoms with van der Waals surface area (Å²) in [4.78, 5) is 0. The van der Waals surface area contributed by atoms with E-state index >= 15 is 0 Å². The molecule has 0 amide bonds. The van der Waals surface area contributed by atoms with Crippen LogP contribution < -0.4 is 5.73 Å². The average molecular weight is 198 g/mol. The molecule has 1 aromatic rings. The molecule has 1 aromatic carbocycles. The Hall–Kier alpha value is -1.96. The first kappa shape index (κ1) is 10.1. The van der Waals surface area contributed by atoms with Crippen LogP contribution in [0.3, 0.4) is 0 Å². The van der Waals surface area contributed by atoms with Gasteiger partial charge >= 0.3 is 0 Å². The van der Waals surface area contributed by atoms with Gasteiger partial charge < -0.3 is 5.73 Å². The minimum Gasteiger partial charge on any atom is -0.398 e. The van der Waals surface area contributed by atoms with Gasteiger partial charge in [-0.25, -0.2) is 13.2 Å². The van der Waals surface area contributed by atoms with E-state index in [1.165, 1.54) is 0 Å². The van der Waals surface area contributed by atoms with Crippen LogP contribution in [-0.2, 0) is 0 Å². The first-order valence-electron chi connectivity index (χ1n) is 3.56. The summed E-state index contributed by atoms with van der Waals surface area (Å²) in [6.07, 6.45) is 0.909. The number of rotatable bonds is 1. The third-order valence-corrected chi connectivity index (χ3v) is 1.54. The van der Waals surface area contributed by atoms with Gasteiger partial charge in [0.1, 0.15) is 0 Å². The summed E-state index contributed by atoms with van der Waals surface area (Å²) in [5, 5.41) is 8.22. The van der Waals surface area contributed by atoms with Crippen molar-refractivity contribution in [1.82, 2.24) is 0 Å². The Morgan fingerprint density at radius 2 is 1.79 bits per heavy atom. The standard InChI is InChI=1S/C9H5F3N2/c10-6-3-5(8(14)1-2-13)4-7(11)9(6)12/h1,3-4H,14H2/b8-1+. The van der Waals surface area contributed by atoms with Crippen LogP contribution >= 0.6 is 0 Å². The maximum Gasteiger partial charge on any atom is 0.194 e. The Morgan fingerprint density at radius 3 is 2.21 bits per heavy atom. The highest BCUT2D eigenvalue weighted by Gasteiger charge is 2.11. The molecule has 0 saturated carbocycles. The fourth-order valence-electron chi connectivity index (χ4n) is 0.875. The second-order valence-corrected chi connectivity index (χ2v) is 2.48. The highest BCUT2D eigenvalue weighted by atomic mass is 19.2. The van der Waals surface area contributed by atoms with Crippen molar-refractivity contribution in [2.45, 2.75) is 0 Å². The monoisotopic (exact) mass is 198 g/mol. The number of hydrogen-bond acceptors (Lipinski definition) is 2. The molecule has 2 N–H and O–H groups in total. The summed E-state index contributed by atoms with van der Waals surface area (Å²) in [5.74, 6) is -4.23. The van der Waals surface area contributed by atoms with Crippen LogP contribution in [0.25, 0.3) is 5.70 Å². The van der Waals surface area contributed by atoms with E-state index in [0.29, 0.717) is 0 Å². The summed E-state index contributed by atoms with van der Waals surface area (Å²) >= 11 is 0. The lowest BCUT2D eigenvalue weighted by molar-refractivity contribution is 0.446. The van der Waals surface area contributed by atoms with Crippen LogP contribution in [-0.4, -0.2) is 0 Å². The molecule has 0 atom stereocenters. The molecule has 0 unspecified atom stereocenters. The maximum absolute atomic E-state index is 12.7. The normalized spacial score (nSPS) is 11.1. The number of hydrogen-bond donors (Lipinski definition) is 1. The molecule has 72 valence electrons. The molecule has 0 aromatic heterocycles. The van der Waals surface area contributed by atoms with E-state index in [1.807, 2.05) is 0 Å². The van der Waals surface area contributed by atoms with Crippen LogP contribution in [0.5, 0.6) is 0 Å². The second-order valence-electron chi connectivity index (χ2n) is 2.48. The Labute approximate surface area is 78.1 Å². The number of allylic oxidation sites excluding steroid dienone is 1. The second kappa shape index (κ2) is 3.83. The Balaban J connectivity index is 3.27. The van der Waals surface area contributed by atoms with E-state index in [0.717, 1.165) is 18.2 Å². The SMILES string of the molecule is N#C/C=C(/N)c1cc(F)c(F)c(F)c1. The van der Waals surface area contributed by atoms with Gasteiger partial charge in [0.25, 0.3) is 0 Å². The third kappa shape index (κ3) is 1.85. The van der Waals surface area contributed by atoms with Gasteiger partial charge in [0.2, 0.25) is 0 Å². The molecular formula is C9H5F3N2. The molecule has 1 rings (SSSR count). The number of benzene rings is 1. The fraction of sp³-hybridized carbons (Fsp3) is 0. The first-order valence-corrected chi connectivity index (χ1v) is 3.56. The zero-order chi connectivity index (χ0) is 10.7. The molecule has 0 spiro atoms. The van der Waals surface area contributed by atoms with Crippen molar-refractivity contribution in [1.29, 1.82) is 5.26 Å². The van der Waals surface area contributed by atoms with Crippen molar-refractivity contribution < 1.29 is 13.2 Å². The van der Waals surface area contributed by atoms with E-state index in [4.69, 9.17) is 11.0 Å². The number of nitrogens with two attached hydrogens (primary N) is 1. The molecule has 14 heavy (non-hydrogen) atoms. The average Bonchev–Trinajstić information content (AvgIpc) is 2.13. The van der Waals surface area contributed by atoms with Crippen molar-refractivity contribution in [3.63, 3.8) is 0 Å². The Kier molecular flexibility index (Phi) is 2.77. The van der Waals surface area contributed by atoms with Gasteiger partial charge in [-0.05, 0) is 12.1 Å². The molecule has 0 heterocycles. The topological polar surface area (TPSA) is 49.8 Å². The minimum absolute atomic E-state index is 0.0667. The fourth-order valence-corrected chi connectivity index (χ4v) is 0.875. The van der Waals surface area contributed by atoms with Crippen LogP contribution in [0.2, 0.25) is 0 Å². The van der Waals surface area contributed by atoms with Crippen molar-refractivity contribution in [3.8, 4) is 6.07 Å². The molecule has 2 nitrogen and oxygen atoms in total. The van der Waals surface area contributed by atoms with Crippen LogP contribution in [0.1, 0.15) is 5.56 Å².